The molecule has 1 aromatic heterocycles. The molecule has 1 N–H and O–H groups in total. The van der Waals surface area contributed by atoms with E-state index in [1.807, 2.05) is 0 Å². The Morgan fingerprint density at radius 2 is 2.08 bits per heavy atom. The van der Waals surface area contributed by atoms with Crippen LogP contribution in [-0.4, -0.2) is 5.11 Å². The molecule has 0 spiro atoms. The standard InChI is InChI=1S/C9H5FO3/c10-7-4-5-3-6(11)1-2-8(5)13-9(7)12/h1-4,11H. The zero-order valence-electron chi connectivity index (χ0n) is 6.45. The molecule has 66 valence electrons. The van der Waals surface area contributed by atoms with Crippen LogP contribution in [0.15, 0.2) is 33.5 Å². The Hall–Kier alpha value is -1.84. The molecule has 13 heavy (non-hydrogen) atoms. The van der Waals surface area contributed by atoms with Crippen molar-refractivity contribution in [3.05, 3.63) is 40.5 Å². The minimum absolute atomic E-state index is 0.000693. The van der Waals surface area contributed by atoms with Gasteiger partial charge in [-0.1, -0.05) is 0 Å². The summed E-state index contributed by atoms with van der Waals surface area (Å²) in [4.78, 5) is 10.7. The summed E-state index contributed by atoms with van der Waals surface area (Å²) in [7, 11) is 0. The minimum atomic E-state index is -1.00. The SMILES string of the molecule is O=c1oc2ccc(O)cc2cc1F. The number of benzene rings is 1. The Morgan fingerprint density at radius 3 is 2.85 bits per heavy atom. The maximum absolute atomic E-state index is 12.7. The number of phenolic OH excluding ortho intramolecular Hbond substituents is 1. The summed E-state index contributed by atoms with van der Waals surface area (Å²) in [6.07, 6.45) is 0. The van der Waals surface area contributed by atoms with Gasteiger partial charge in [0.2, 0.25) is 5.82 Å². The first-order chi connectivity index (χ1) is 6.16. The van der Waals surface area contributed by atoms with Crippen LogP contribution in [0.4, 0.5) is 4.39 Å². The van der Waals surface area contributed by atoms with E-state index in [1.165, 1.54) is 18.2 Å². The van der Waals surface area contributed by atoms with E-state index in [9.17, 15) is 9.18 Å². The lowest BCUT2D eigenvalue weighted by Crippen LogP contribution is -2.02. The predicted molar refractivity (Wildman–Crippen MR) is 44.1 cm³/mol. The maximum atomic E-state index is 12.7. The van der Waals surface area contributed by atoms with Gasteiger partial charge in [0.05, 0.1) is 0 Å². The van der Waals surface area contributed by atoms with Gasteiger partial charge in [0, 0.05) is 5.39 Å². The highest BCUT2D eigenvalue weighted by Gasteiger charge is 2.03. The van der Waals surface area contributed by atoms with Gasteiger partial charge in [0.25, 0.3) is 0 Å². The molecule has 2 rings (SSSR count). The lowest BCUT2D eigenvalue weighted by Gasteiger charge is -1.96. The molecule has 0 bridgehead atoms. The summed E-state index contributed by atoms with van der Waals surface area (Å²) in [5.41, 5.74) is -0.748. The second-order valence-electron chi connectivity index (χ2n) is 2.60. The van der Waals surface area contributed by atoms with Crippen molar-refractivity contribution in [1.82, 2.24) is 0 Å². The number of fused-ring (bicyclic) bond motifs is 1. The van der Waals surface area contributed by atoms with Crippen LogP contribution >= 0.6 is 0 Å². The average Bonchev–Trinajstić information content (AvgIpc) is 2.08. The molecule has 1 aromatic carbocycles. The molecule has 0 fully saturated rings. The van der Waals surface area contributed by atoms with Crippen molar-refractivity contribution in [1.29, 1.82) is 0 Å². The number of rotatable bonds is 0. The van der Waals surface area contributed by atoms with Crippen molar-refractivity contribution < 1.29 is 13.9 Å². The molecular weight excluding hydrogens is 175 g/mol. The number of hydrogen-bond donors (Lipinski definition) is 1. The Balaban J connectivity index is 2.89. The molecule has 4 heteroatoms. The summed E-state index contributed by atoms with van der Waals surface area (Å²) in [5.74, 6) is -0.959. The number of halogens is 1. The minimum Gasteiger partial charge on any atom is -0.508 e. The van der Waals surface area contributed by atoms with Gasteiger partial charge in [-0.3, -0.25) is 0 Å². The molecule has 1 heterocycles. The molecule has 0 saturated carbocycles. The molecule has 0 radical (unpaired) electrons. The van der Waals surface area contributed by atoms with Gasteiger partial charge in [0.1, 0.15) is 11.3 Å². The molecule has 3 nitrogen and oxygen atoms in total. The molecule has 2 aromatic rings. The van der Waals surface area contributed by atoms with Crippen LogP contribution in [0.1, 0.15) is 0 Å². The first-order valence-electron chi connectivity index (χ1n) is 3.59. The Kier molecular flexibility index (Phi) is 1.55. The molecule has 0 aliphatic carbocycles. The van der Waals surface area contributed by atoms with E-state index in [-0.39, 0.29) is 11.3 Å². The number of aromatic hydroxyl groups is 1. The highest BCUT2D eigenvalue weighted by atomic mass is 19.1. The fraction of sp³-hybridized carbons (Fsp3) is 0. The maximum Gasteiger partial charge on any atom is 0.372 e. The first kappa shape index (κ1) is 7.79. The second kappa shape index (κ2) is 2.58. The smallest absolute Gasteiger partial charge is 0.372 e. The third-order valence-electron chi connectivity index (χ3n) is 1.67. The van der Waals surface area contributed by atoms with Gasteiger partial charge in [-0.15, -0.1) is 0 Å². The van der Waals surface area contributed by atoms with Crippen molar-refractivity contribution >= 4 is 11.0 Å². The van der Waals surface area contributed by atoms with Crippen molar-refractivity contribution in [2.75, 3.05) is 0 Å². The van der Waals surface area contributed by atoms with Gasteiger partial charge >= 0.3 is 5.63 Å². The van der Waals surface area contributed by atoms with Gasteiger partial charge in [0.15, 0.2) is 0 Å². The Morgan fingerprint density at radius 1 is 1.31 bits per heavy atom. The van der Waals surface area contributed by atoms with E-state index < -0.39 is 11.4 Å². The fourth-order valence-electron chi connectivity index (χ4n) is 1.09. The van der Waals surface area contributed by atoms with Crippen LogP contribution in [0.2, 0.25) is 0 Å². The molecule has 0 aliphatic rings. The first-order valence-corrected chi connectivity index (χ1v) is 3.59. The fourth-order valence-corrected chi connectivity index (χ4v) is 1.09. The monoisotopic (exact) mass is 180 g/mol. The summed E-state index contributed by atoms with van der Waals surface area (Å²) in [5, 5.41) is 9.41. The molecular formula is C9H5FO3. The van der Waals surface area contributed by atoms with E-state index in [0.717, 1.165) is 6.07 Å². The van der Waals surface area contributed by atoms with Crippen LogP contribution in [0.5, 0.6) is 5.75 Å². The zero-order valence-corrected chi connectivity index (χ0v) is 6.45. The largest absolute Gasteiger partial charge is 0.508 e. The number of hydrogen-bond acceptors (Lipinski definition) is 3. The van der Waals surface area contributed by atoms with Crippen LogP contribution in [0, 0.1) is 5.82 Å². The van der Waals surface area contributed by atoms with Crippen LogP contribution in [0.25, 0.3) is 11.0 Å². The van der Waals surface area contributed by atoms with Crippen molar-refractivity contribution in [2.45, 2.75) is 0 Å². The van der Waals surface area contributed by atoms with Crippen LogP contribution in [-0.2, 0) is 0 Å². The van der Waals surface area contributed by atoms with Crippen molar-refractivity contribution in [3.63, 3.8) is 0 Å². The van der Waals surface area contributed by atoms with Gasteiger partial charge < -0.3 is 9.52 Å². The normalized spacial score (nSPS) is 10.5. The van der Waals surface area contributed by atoms with Crippen molar-refractivity contribution in [3.8, 4) is 5.75 Å². The van der Waals surface area contributed by atoms with Crippen molar-refractivity contribution in [2.24, 2.45) is 0 Å². The van der Waals surface area contributed by atoms with Crippen LogP contribution < -0.4 is 5.63 Å². The van der Waals surface area contributed by atoms with Crippen LogP contribution in [0.3, 0.4) is 0 Å². The van der Waals surface area contributed by atoms with E-state index in [4.69, 9.17) is 5.11 Å². The quantitative estimate of drug-likeness (QED) is 0.627. The van der Waals surface area contributed by atoms with Gasteiger partial charge in [-0.2, -0.15) is 4.39 Å². The van der Waals surface area contributed by atoms with E-state index >= 15 is 0 Å². The van der Waals surface area contributed by atoms with E-state index in [1.54, 1.807) is 0 Å². The molecule has 0 amide bonds. The number of phenols is 1. The predicted octanol–water partition coefficient (Wildman–Crippen LogP) is 1.64. The highest BCUT2D eigenvalue weighted by Crippen LogP contribution is 2.18. The topological polar surface area (TPSA) is 50.4 Å². The summed E-state index contributed by atoms with van der Waals surface area (Å²) in [6.45, 7) is 0. The van der Waals surface area contributed by atoms with Gasteiger partial charge in [-0.25, -0.2) is 4.79 Å². The molecule has 0 saturated heterocycles. The lowest BCUT2D eigenvalue weighted by atomic mass is 10.2. The third kappa shape index (κ3) is 1.26. The second-order valence-corrected chi connectivity index (χ2v) is 2.60. The molecule has 0 unspecified atom stereocenters. The molecule has 0 atom stereocenters. The Bertz CT molecular complexity index is 516. The highest BCUT2D eigenvalue weighted by molar-refractivity contribution is 5.77. The van der Waals surface area contributed by atoms with Gasteiger partial charge in [-0.05, 0) is 24.3 Å². The summed E-state index contributed by atoms with van der Waals surface area (Å²) >= 11 is 0. The average molecular weight is 180 g/mol. The Labute approximate surface area is 72.0 Å². The molecule has 0 aliphatic heterocycles. The summed E-state index contributed by atoms with van der Waals surface area (Å²) < 4.78 is 17.3. The summed E-state index contributed by atoms with van der Waals surface area (Å²) in [6, 6.07) is 5.12. The van der Waals surface area contributed by atoms with E-state index in [2.05, 4.69) is 4.42 Å². The third-order valence-corrected chi connectivity index (χ3v) is 1.67. The van der Waals surface area contributed by atoms with E-state index in [0.29, 0.717) is 5.39 Å². The lowest BCUT2D eigenvalue weighted by molar-refractivity contribution is 0.471. The zero-order chi connectivity index (χ0) is 9.42.